The highest BCUT2D eigenvalue weighted by Crippen LogP contribution is 2.41. The zero-order chi connectivity index (χ0) is 23.2. The fraction of sp³-hybridized carbons (Fsp3) is 0.360. The van der Waals surface area contributed by atoms with Gasteiger partial charge < -0.3 is 15.0 Å². The van der Waals surface area contributed by atoms with E-state index in [1.807, 2.05) is 0 Å². The second kappa shape index (κ2) is 8.04. The highest BCUT2D eigenvalue weighted by molar-refractivity contribution is 6.02. The summed E-state index contributed by atoms with van der Waals surface area (Å²) in [6.45, 7) is 0. The van der Waals surface area contributed by atoms with E-state index in [9.17, 15) is 18.0 Å². The van der Waals surface area contributed by atoms with Crippen molar-refractivity contribution in [2.45, 2.75) is 43.9 Å². The lowest BCUT2D eigenvalue weighted by molar-refractivity contribution is -0.137. The van der Waals surface area contributed by atoms with Crippen LogP contribution in [-0.2, 0) is 11.0 Å². The summed E-state index contributed by atoms with van der Waals surface area (Å²) < 4.78 is 44.2. The minimum absolute atomic E-state index is 0.0669. The monoisotopic (exact) mass is 451 g/mol. The molecule has 168 valence electrons. The topological polar surface area (TPSA) is 77.9 Å². The highest BCUT2D eigenvalue weighted by atomic mass is 19.4. The number of H-pyrrole nitrogens is 1. The molecule has 3 aromatic rings. The molecule has 1 amide bonds. The first-order valence-corrected chi connectivity index (χ1v) is 10.8. The van der Waals surface area contributed by atoms with Crippen LogP contribution in [0.25, 0.3) is 10.9 Å². The molecule has 2 N–H and O–H groups in total. The van der Waals surface area contributed by atoms with Crippen molar-refractivity contribution in [2.24, 2.45) is 11.8 Å². The number of carbonyl (C=O) groups is 1. The average Bonchev–Trinajstić information content (AvgIpc) is 3.11. The molecule has 0 spiro atoms. The number of fused-ring (bicyclic) bond motifs is 1. The van der Waals surface area contributed by atoms with Gasteiger partial charge in [0.15, 0.2) is 5.75 Å². The Morgan fingerprint density at radius 3 is 2.58 bits per heavy atom. The first-order chi connectivity index (χ1) is 15.8. The summed E-state index contributed by atoms with van der Waals surface area (Å²) >= 11 is 0. The number of aromatic nitrogens is 1. The lowest BCUT2D eigenvalue weighted by Gasteiger charge is -2.35. The number of amides is 1. The molecule has 1 heterocycles. The van der Waals surface area contributed by atoms with Gasteiger partial charge in [0, 0.05) is 17.6 Å². The quantitative estimate of drug-likeness (QED) is 0.530. The van der Waals surface area contributed by atoms with E-state index in [0.717, 1.165) is 29.5 Å². The molecule has 0 aliphatic heterocycles. The van der Waals surface area contributed by atoms with E-state index in [0.29, 0.717) is 36.2 Å². The molecule has 2 aliphatic rings. The van der Waals surface area contributed by atoms with Crippen molar-refractivity contribution >= 4 is 22.5 Å². The molecule has 5 nitrogen and oxygen atoms in total. The summed E-state index contributed by atoms with van der Waals surface area (Å²) in [5, 5.41) is 12.7. The second-order valence-electron chi connectivity index (χ2n) is 8.69. The van der Waals surface area contributed by atoms with Crippen molar-refractivity contribution in [3.63, 3.8) is 0 Å². The molecule has 33 heavy (non-hydrogen) atoms. The number of nitrogens with one attached hydrogen (secondary N) is 2. The van der Waals surface area contributed by atoms with Gasteiger partial charge >= 0.3 is 6.18 Å². The summed E-state index contributed by atoms with van der Waals surface area (Å²) in [7, 11) is 0. The largest absolute Gasteiger partial charge is 0.482 e. The number of rotatable bonds is 5. The zero-order valence-corrected chi connectivity index (χ0v) is 17.5. The maximum Gasteiger partial charge on any atom is 0.416 e. The summed E-state index contributed by atoms with van der Waals surface area (Å²) in [5.74, 6) is -0.0330. The molecule has 2 saturated carbocycles. The van der Waals surface area contributed by atoms with Crippen LogP contribution in [0.4, 0.5) is 18.9 Å². The molecule has 0 bridgehead atoms. The molecule has 2 atom stereocenters. The van der Waals surface area contributed by atoms with Crippen molar-refractivity contribution < 1.29 is 22.7 Å². The Hall–Kier alpha value is -3.65. The van der Waals surface area contributed by atoms with Crippen molar-refractivity contribution in [1.29, 1.82) is 5.26 Å². The number of hydrogen-bond donors (Lipinski definition) is 2. The Bertz CT molecular complexity index is 1220. The first-order valence-electron chi connectivity index (χ1n) is 10.8. The average molecular weight is 451 g/mol. The summed E-state index contributed by atoms with van der Waals surface area (Å²) in [4.78, 5) is 15.5. The third-order valence-electron chi connectivity index (χ3n) is 6.64. The Morgan fingerprint density at radius 2 is 1.94 bits per heavy atom. The number of benzene rings is 1. The van der Waals surface area contributed by atoms with Gasteiger partial charge in [0.05, 0.1) is 34.7 Å². The molecular formula is C25H20F3N3O2. The number of halogens is 3. The van der Waals surface area contributed by atoms with Crippen LogP contribution < -0.4 is 10.1 Å². The van der Waals surface area contributed by atoms with Gasteiger partial charge in [-0.2, -0.15) is 18.4 Å². The van der Waals surface area contributed by atoms with Crippen LogP contribution in [0.5, 0.6) is 5.75 Å². The van der Waals surface area contributed by atoms with Gasteiger partial charge in [-0.1, -0.05) is 12.1 Å². The minimum Gasteiger partial charge on any atom is -0.482 e. The summed E-state index contributed by atoms with van der Waals surface area (Å²) in [5.41, 5.74) is 1.51. The summed E-state index contributed by atoms with van der Waals surface area (Å²) in [6, 6.07) is 15.2. The Balaban J connectivity index is 1.21. The maximum atomic E-state index is 12.7. The van der Waals surface area contributed by atoms with Crippen LogP contribution in [0.2, 0.25) is 0 Å². The number of hydrogen-bond acceptors (Lipinski definition) is 3. The van der Waals surface area contributed by atoms with Crippen LogP contribution >= 0.6 is 0 Å². The number of anilines is 1. The van der Waals surface area contributed by atoms with Crippen molar-refractivity contribution in [1.82, 2.24) is 4.98 Å². The maximum absolute atomic E-state index is 12.7. The first kappa shape index (κ1) is 21.2. The van der Waals surface area contributed by atoms with E-state index in [4.69, 9.17) is 10.00 Å². The number of nitrogens with zero attached hydrogens (tertiary/aromatic N) is 1. The number of ether oxygens (including phenoxy) is 1. The van der Waals surface area contributed by atoms with Crippen LogP contribution in [-0.4, -0.2) is 17.0 Å². The Labute approximate surface area is 188 Å². The van der Waals surface area contributed by atoms with Gasteiger partial charge in [-0.15, -0.1) is 0 Å². The van der Waals surface area contributed by atoms with Crippen LogP contribution in [0.1, 0.15) is 42.7 Å². The van der Waals surface area contributed by atoms with E-state index in [-0.39, 0.29) is 29.8 Å². The fourth-order valence-electron chi connectivity index (χ4n) is 4.40. The predicted molar refractivity (Wildman–Crippen MR) is 114 cm³/mol. The number of alkyl halides is 3. The van der Waals surface area contributed by atoms with Crippen LogP contribution in [0, 0.1) is 35.3 Å². The number of carbonyl (C=O) groups excluding carboxylic acids is 1. The van der Waals surface area contributed by atoms with E-state index in [1.54, 1.807) is 12.3 Å². The zero-order valence-electron chi connectivity index (χ0n) is 17.5. The van der Waals surface area contributed by atoms with E-state index < -0.39 is 11.7 Å². The molecule has 2 aromatic carbocycles. The molecule has 2 fully saturated rings. The Morgan fingerprint density at radius 1 is 1.18 bits per heavy atom. The van der Waals surface area contributed by atoms with Crippen LogP contribution in [0.15, 0.2) is 36.5 Å². The van der Waals surface area contributed by atoms with Gasteiger partial charge in [-0.05, 0) is 61.4 Å². The van der Waals surface area contributed by atoms with E-state index in [2.05, 4.69) is 28.5 Å². The van der Waals surface area contributed by atoms with Gasteiger partial charge in [-0.3, -0.25) is 4.79 Å². The van der Waals surface area contributed by atoms with Crippen LogP contribution in [0.3, 0.4) is 0 Å². The smallest absolute Gasteiger partial charge is 0.416 e. The third-order valence-corrected chi connectivity index (χ3v) is 6.64. The lowest BCUT2D eigenvalue weighted by Crippen LogP contribution is -2.35. The fourth-order valence-corrected chi connectivity index (χ4v) is 4.40. The molecule has 0 radical (unpaired) electrons. The van der Waals surface area contributed by atoms with E-state index in [1.165, 1.54) is 12.1 Å². The molecule has 1 aromatic heterocycles. The standard InChI is InChI=1S/C25H20F3N3O2/c26-25(27,28)17-4-1-14(2-5-17)16-9-19(10-16)33-18-6-8-22-21(11-18)23(13-30-22)31-24(32)20-7-3-15(20)12-29/h1-2,4-5,11,13,15-16,19-20,30H,3,7,9-10H2,(H,31,32). The summed E-state index contributed by atoms with van der Waals surface area (Å²) in [6.07, 6.45) is 0.140. The molecule has 0 saturated heterocycles. The number of aromatic amines is 1. The van der Waals surface area contributed by atoms with Gasteiger partial charge in [0.2, 0.25) is 5.91 Å². The number of nitriles is 1. The molecule has 2 unspecified atom stereocenters. The molecular weight excluding hydrogens is 431 g/mol. The second-order valence-corrected chi connectivity index (χ2v) is 8.69. The normalized spacial score (nSPS) is 24.2. The highest BCUT2D eigenvalue weighted by Gasteiger charge is 2.37. The minimum atomic E-state index is -4.33. The Kier molecular flexibility index (Phi) is 5.17. The van der Waals surface area contributed by atoms with Crippen molar-refractivity contribution in [3.05, 3.63) is 59.8 Å². The van der Waals surface area contributed by atoms with Crippen molar-refractivity contribution in [3.8, 4) is 11.8 Å². The third kappa shape index (κ3) is 4.09. The SMILES string of the molecule is N#CC1CCC1C(=O)Nc1c[nH]c2c#cc(OC3CC(c4ccc(C(F)(F)F)cc4)C3)cc12. The van der Waals surface area contributed by atoms with Gasteiger partial charge in [0.1, 0.15) is 6.10 Å². The van der Waals surface area contributed by atoms with Gasteiger partial charge in [0.25, 0.3) is 0 Å². The molecule has 8 heteroatoms. The lowest BCUT2D eigenvalue weighted by atomic mass is 9.74. The van der Waals surface area contributed by atoms with Crippen molar-refractivity contribution in [2.75, 3.05) is 5.32 Å². The molecule has 5 rings (SSSR count). The van der Waals surface area contributed by atoms with Gasteiger partial charge in [-0.25, -0.2) is 0 Å². The molecule has 2 aliphatic carbocycles. The predicted octanol–water partition coefficient (Wildman–Crippen LogP) is 5.60. The van der Waals surface area contributed by atoms with E-state index >= 15 is 0 Å².